The van der Waals surface area contributed by atoms with Crippen molar-refractivity contribution in [1.82, 2.24) is 35.0 Å². The van der Waals surface area contributed by atoms with Crippen LogP contribution in [0.3, 0.4) is 0 Å². The van der Waals surface area contributed by atoms with E-state index in [1.165, 1.54) is 6.33 Å². The number of halogens is 1. The first-order valence-electron chi connectivity index (χ1n) is 22.4. The number of nitrogens with one attached hydrogen (secondary N) is 3. The molecule has 4 aliphatic rings. The number of piperazine rings is 1. The number of ether oxygens (including phenoxy) is 1. The van der Waals surface area contributed by atoms with Crippen molar-refractivity contribution < 1.29 is 33.5 Å². The second kappa shape index (κ2) is 19.2. The van der Waals surface area contributed by atoms with E-state index >= 15 is 0 Å². The number of anilines is 2. The second-order valence-corrected chi connectivity index (χ2v) is 17.4. The zero-order valence-electron chi connectivity index (χ0n) is 35.9. The number of ketones is 1. The Labute approximate surface area is 380 Å². The van der Waals surface area contributed by atoms with Crippen molar-refractivity contribution in [2.75, 3.05) is 56.0 Å². The van der Waals surface area contributed by atoms with Crippen LogP contribution < -0.4 is 20.3 Å². The maximum absolute atomic E-state index is 13.9. The lowest BCUT2D eigenvalue weighted by atomic mass is 10.0. The molecule has 3 saturated heterocycles. The number of benzene rings is 3. The number of carbonyl (C=O) groups is 6. The number of imide groups is 2. The van der Waals surface area contributed by atoms with Crippen molar-refractivity contribution >= 4 is 69.5 Å². The summed E-state index contributed by atoms with van der Waals surface area (Å²) in [5, 5.41) is 6.59. The molecular formula is C48H50ClN9O7. The normalized spacial score (nSPS) is 19.1. The number of nitrogens with zero attached hydrogens (tertiary/aromatic N) is 6. The van der Waals surface area contributed by atoms with Crippen LogP contribution >= 0.6 is 11.6 Å². The first-order chi connectivity index (χ1) is 31.6. The number of likely N-dealkylation sites (tertiary alicyclic amines) is 1. The summed E-state index contributed by atoms with van der Waals surface area (Å²) in [5.74, 6) is -0.443. The van der Waals surface area contributed by atoms with Gasteiger partial charge in [-0.3, -0.25) is 43.9 Å². The van der Waals surface area contributed by atoms with E-state index in [1.807, 2.05) is 41.3 Å². The van der Waals surface area contributed by atoms with E-state index in [1.54, 1.807) is 36.5 Å². The molecule has 5 amide bonds. The highest BCUT2D eigenvalue weighted by atomic mass is 35.5. The number of amides is 5. The van der Waals surface area contributed by atoms with Gasteiger partial charge in [0.15, 0.2) is 5.78 Å². The maximum Gasteiger partial charge on any atom is 0.262 e. The lowest BCUT2D eigenvalue weighted by Gasteiger charge is -2.36. The Morgan fingerprint density at radius 1 is 0.815 bits per heavy atom. The quantitative estimate of drug-likeness (QED) is 0.0613. The van der Waals surface area contributed by atoms with E-state index in [-0.39, 0.29) is 41.2 Å². The topological polar surface area (TPSA) is 190 Å². The van der Waals surface area contributed by atoms with Gasteiger partial charge in [-0.15, -0.1) is 0 Å². The van der Waals surface area contributed by atoms with Crippen molar-refractivity contribution in [3.05, 3.63) is 107 Å². The van der Waals surface area contributed by atoms with Gasteiger partial charge in [0.2, 0.25) is 17.7 Å². The summed E-state index contributed by atoms with van der Waals surface area (Å²) in [7, 11) is 0. The summed E-state index contributed by atoms with van der Waals surface area (Å²) in [5.41, 5.74) is 2.68. The molecule has 0 radical (unpaired) electrons. The number of carbonyl (C=O) groups excluding carboxylic acids is 6. The summed E-state index contributed by atoms with van der Waals surface area (Å²) in [4.78, 5) is 97.3. The number of H-pyrrole nitrogens is 1. The van der Waals surface area contributed by atoms with Gasteiger partial charge < -0.3 is 24.8 Å². The molecule has 6 heterocycles. The van der Waals surface area contributed by atoms with E-state index < -0.39 is 29.7 Å². The van der Waals surface area contributed by atoms with Gasteiger partial charge in [-0.25, -0.2) is 9.97 Å². The Morgan fingerprint density at radius 2 is 1.62 bits per heavy atom. The summed E-state index contributed by atoms with van der Waals surface area (Å²) in [6.07, 6.45) is 9.35. The van der Waals surface area contributed by atoms with Crippen molar-refractivity contribution in [2.24, 2.45) is 0 Å². The van der Waals surface area contributed by atoms with Crippen LogP contribution in [0.5, 0.6) is 11.5 Å². The minimum absolute atomic E-state index is 0.0492. The van der Waals surface area contributed by atoms with Crippen molar-refractivity contribution in [3.8, 4) is 11.5 Å². The molecule has 2 aromatic heterocycles. The van der Waals surface area contributed by atoms with E-state index in [9.17, 15) is 28.8 Å². The number of hydrogen-bond donors (Lipinski definition) is 3. The molecule has 1 unspecified atom stereocenters. The first-order valence-corrected chi connectivity index (χ1v) is 22.8. The van der Waals surface area contributed by atoms with Crippen LogP contribution in [0, 0.1) is 0 Å². The number of rotatable bonds is 15. The Bertz CT molecular complexity index is 2650. The molecule has 16 nitrogen and oxygen atoms in total. The minimum Gasteiger partial charge on any atom is -0.457 e. The molecule has 5 aromatic rings. The molecule has 3 aromatic carbocycles. The predicted octanol–water partition coefficient (Wildman–Crippen LogP) is 6.21. The summed E-state index contributed by atoms with van der Waals surface area (Å²) in [6.45, 7) is 5.50. The van der Waals surface area contributed by atoms with Gasteiger partial charge in [0.05, 0.1) is 27.1 Å². The van der Waals surface area contributed by atoms with Gasteiger partial charge in [-0.1, -0.05) is 42.6 Å². The van der Waals surface area contributed by atoms with Crippen LogP contribution in [0.4, 0.5) is 11.5 Å². The van der Waals surface area contributed by atoms with E-state index in [0.717, 1.165) is 81.8 Å². The van der Waals surface area contributed by atoms with Crippen molar-refractivity contribution in [1.29, 1.82) is 0 Å². The first kappa shape index (κ1) is 43.6. The lowest BCUT2D eigenvalue weighted by molar-refractivity contribution is -0.136. The molecule has 17 heteroatoms. The molecular weight excluding hydrogens is 850 g/mol. The standard InChI is InChI=1S/C48H50ClN9O7/c49-38-26-33(65-32-10-4-3-5-11-32)14-16-35(38)43(61)37-27-50-44-42(37)45(52-29-51-44)53-30-9-8-20-57(28-30)41(60)12-6-1-2-7-19-55-21-23-56(24-22-55)31-13-15-34-36(25-31)48(64)58(47(34)63)39-17-18-40(59)54-46(39)62/h3-5,10-11,13-16,25-27,29-30,39H,1-2,6-9,12,17-24,28H2,(H,54,59,62)(H2,50,51,52,53)/t30-,39?/m1/s1. The van der Waals surface area contributed by atoms with E-state index in [2.05, 4.69) is 35.4 Å². The van der Waals surface area contributed by atoms with Crippen LogP contribution in [0.25, 0.3) is 11.0 Å². The molecule has 2 atom stereocenters. The fourth-order valence-electron chi connectivity index (χ4n) is 9.29. The van der Waals surface area contributed by atoms with Crippen molar-refractivity contribution in [3.63, 3.8) is 0 Å². The van der Waals surface area contributed by atoms with E-state index in [0.29, 0.717) is 64.6 Å². The number of unbranched alkanes of at least 4 members (excludes halogenated alkanes) is 3. The number of hydrogen-bond acceptors (Lipinski definition) is 12. The van der Waals surface area contributed by atoms with Gasteiger partial charge in [0.25, 0.3) is 11.8 Å². The second-order valence-electron chi connectivity index (χ2n) is 17.0. The number of aromatic nitrogens is 3. The van der Waals surface area contributed by atoms with Crippen LogP contribution in [-0.2, 0) is 14.4 Å². The molecule has 0 aliphatic carbocycles. The zero-order chi connectivity index (χ0) is 45.0. The van der Waals surface area contributed by atoms with E-state index in [4.69, 9.17) is 16.3 Å². The smallest absolute Gasteiger partial charge is 0.262 e. The minimum atomic E-state index is -0.984. The number of aromatic amines is 1. The van der Waals surface area contributed by atoms with Crippen LogP contribution in [0.15, 0.2) is 79.3 Å². The molecule has 0 spiro atoms. The largest absolute Gasteiger partial charge is 0.457 e. The van der Waals surface area contributed by atoms with Crippen LogP contribution in [-0.4, -0.2) is 123 Å². The fourth-order valence-corrected chi connectivity index (χ4v) is 9.54. The monoisotopic (exact) mass is 899 g/mol. The Morgan fingerprint density at radius 3 is 2.42 bits per heavy atom. The maximum atomic E-state index is 13.9. The van der Waals surface area contributed by atoms with Crippen LogP contribution in [0.1, 0.15) is 94.4 Å². The zero-order valence-corrected chi connectivity index (χ0v) is 36.6. The molecule has 65 heavy (non-hydrogen) atoms. The molecule has 3 fully saturated rings. The number of para-hydroxylation sites is 1. The highest BCUT2D eigenvalue weighted by molar-refractivity contribution is 6.36. The third kappa shape index (κ3) is 9.45. The molecule has 4 aliphatic heterocycles. The summed E-state index contributed by atoms with van der Waals surface area (Å²) >= 11 is 6.63. The molecule has 9 rings (SSSR count). The predicted molar refractivity (Wildman–Crippen MR) is 243 cm³/mol. The summed E-state index contributed by atoms with van der Waals surface area (Å²) in [6, 6.07) is 18.6. The van der Waals surface area contributed by atoms with Gasteiger partial charge in [-0.05, 0) is 81.1 Å². The average molecular weight is 900 g/mol. The highest BCUT2D eigenvalue weighted by Crippen LogP contribution is 2.33. The average Bonchev–Trinajstić information content (AvgIpc) is 3.86. The third-order valence-corrected chi connectivity index (χ3v) is 13.1. The molecule has 0 bridgehead atoms. The molecule has 336 valence electrons. The number of piperidine rings is 2. The van der Waals surface area contributed by atoms with Crippen LogP contribution in [0.2, 0.25) is 5.02 Å². The Kier molecular flexibility index (Phi) is 12.9. The van der Waals surface area contributed by atoms with Gasteiger partial charge in [0.1, 0.15) is 35.3 Å². The summed E-state index contributed by atoms with van der Waals surface area (Å²) < 4.78 is 5.90. The Hall–Kier alpha value is -6.65. The molecule has 3 N–H and O–H groups in total. The van der Waals surface area contributed by atoms with Crippen molar-refractivity contribution in [2.45, 2.75) is 69.9 Å². The highest BCUT2D eigenvalue weighted by Gasteiger charge is 2.45. The molecule has 0 saturated carbocycles. The third-order valence-electron chi connectivity index (χ3n) is 12.8. The van der Waals surface area contributed by atoms with Gasteiger partial charge in [0, 0.05) is 81.7 Å². The van der Waals surface area contributed by atoms with Gasteiger partial charge >= 0.3 is 0 Å². The Balaban J connectivity index is 0.705. The van der Waals surface area contributed by atoms with Gasteiger partial charge in [-0.2, -0.15) is 0 Å². The lowest BCUT2D eigenvalue weighted by Crippen LogP contribution is -2.54. The fraction of sp³-hybridized carbons (Fsp3) is 0.375. The SMILES string of the molecule is O=C1CCC(N2C(=O)c3ccc(N4CCN(CCCCCCC(=O)N5CCC[C@@H](Nc6ncnc7[nH]cc(C(=O)c8ccc(Oc9ccccc9)cc8Cl)c67)C5)CC4)cc3C2=O)C(=O)N1. The number of fused-ring (bicyclic) bond motifs is 2.